The van der Waals surface area contributed by atoms with E-state index in [-0.39, 0.29) is 0 Å². The van der Waals surface area contributed by atoms with Crippen LogP contribution in [0.25, 0.3) is 0 Å². The third-order valence-electron chi connectivity index (χ3n) is 2.92. The number of nitrogens with one attached hydrogen (secondary N) is 1. The van der Waals surface area contributed by atoms with Gasteiger partial charge in [-0.25, -0.2) is 4.98 Å². The van der Waals surface area contributed by atoms with E-state index in [1.54, 1.807) is 0 Å². The Kier molecular flexibility index (Phi) is 7.63. The summed E-state index contributed by atoms with van der Waals surface area (Å²) in [7, 11) is 0. The molecule has 0 aliphatic rings. The van der Waals surface area contributed by atoms with E-state index in [0.717, 1.165) is 42.6 Å². The summed E-state index contributed by atoms with van der Waals surface area (Å²) < 4.78 is 0. The molecular weight excluding hydrogens is 270 g/mol. The summed E-state index contributed by atoms with van der Waals surface area (Å²) in [6.45, 7) is 13.8. The highest BCUT2D eigenvalue weighted by atomic mass is 35.5. The van der Waals surface area contributed by atoms with Gasteiger partial charge in [-0.05, 0) is 31.0 Å². The van der Waals surface area contributed by atoms with Crippen molar-refractivity contribution in [1.82, 2.24) is 10.3 Å². The summed E-state index contributed by atoms with van der Waals surface area (Å²) >= 11 is 6.23. The van der Waals surface area contributed by atoms with E-state index in [2.05, 4.69) is 37.6 Å². The predicted octanol–water partition coefficient (Wildman–Crippen LogP) is 3.88. The lowest BCUT2D eigenvalue weighted by molar-refractivity contribution is 0.548. The molecular formula is C16H26ClN3. The van der Waals surface area contributed by atoms with E-state index in [4.69, 9.17) is 16.6 Å². The summed E-state index contributed by atoms with van der Waals surface area (Å²) in [5.41, 5.74) is 0.912. The Morgan fingerprint density at radius 3 is 2.80 bits per heavy atom. The van der Waals surface area contributed by atoms with Gasteiger partial charge in [0.25, 0.3) is 0 Å². The number of aromatic nitrogens is 1. The first-order chi connectivity index (χ1) is 9.58. The van der Waals surface area contributed by atoms with Gasteiger partial charge in [0, 0.05) is 19.6 Å². The van der Waals surface area contributed by atoms with Crippen LogP contribution in [0.3, 0.4) is 0 Å². The van der Waals surface area contributed by atoms with Crippen molar-refractivity contribution in [3.63, 3.8) is 0 Å². The summed E-state index contributed by atoms with van der Waals surface area (Å²) in [6.07, 6.45) is 2.99. The Morgan fingerprint density at radius 1 is 1.45 bits per heavy atom. The predicted molar refractivity (Wildman–Crippen MR) is 88.5 cm³/mol. The summed E-state index contributed by atoms with van der Waals surface area (Å²) in [4.78, 5) is 6.91. The van der Waals surface area contributed by atoms with E-state index in [9.17, 15) is 0 Å². The SMILES string of the molecule is C=CCN(CCC)c1ccc(Cl)c(CNCC(C)C)n1. The van der Waals surface area contributed by atoms with E-state index in [0.29, 0.717) is 12.5 Å². The second-order valence-electron chi connectivity index (χ2n) is 5.36. The maximum atomic E-state index is 6.23. The summed E-state index contributed by atoms with van der Waals surface area (Å²) in [6, 6.07) is 3.91. The minimum atomic E-state index is 0.620. The zero-order valence-corrected chi connectivity index (χ0v) is 13.6. The Balaban J connectivity index is 2.80. The fourth-order valence-electron chi connectivity index (χ4n) is 1.98. The topological polar surface area (TPSA) is 28.2 Å². The highest BCUT2D eigenvalue weighted by Gasteiger charge is 2.09. The quantitative estimate of drug-likeness (QED) is 0.701. The summed E-state index contributed by atoms with van der Waals surface area (Å²) in [5, 5.41) is 4.11. The van der Waals surface area contributed by atoms with E-state index >= 15 is 0 Å². The van der Waals surface area contributed by atoms with Crippen molar-refractivity contribution in [2.24, 2.45) is 5.92 Å². The number of hydrogen-bond donors (Lipinski definition) is 1. The van der Waals surface area contributed by atoms with Crippen LogP contribution in [0.15, 0.2) is 24.8 Å². The zero-order valence-electron chi connectivity index (χ0n) is 12.8. The highest BCUT2D eigenvalue weighted by Crippen LogP contribution is 2.19. The van der Waals surface area contributed by atoms with Gasteiger partial charge in [0.05, 0.1) is 10.7 Å². The lowest BCUT2D eigenvalue weighted by Gasteiger charge is -2.22. The number of hydrogen-bond acceptors (Lipinski definition) is 3. The first kappa shape index (κ1) is 17.0. The second kappa shape index (κ2) is 8.98. The first-order valence-corrected chi connectivity index (χ1v) is 7.68. The Labute approximate surface area is 128 Å². The van der Waals surface area contributed by atoms with Crippen molar-refractivity contribution in [3.05, 3.63) is 35.5 Å². The minimum Gasteiger partial charge on any atom is -0.353 e. The lowest BCUT2D eigenvalue weighted by Crippen LogP contribution is -2.26. The monoisotopic (exact) mass is 295 g/mol. The van der Waals surface area contributed by atoms with Crippen LogP contribution < -0.4 is 10.2 Å². The molecule has 0 unspecified atom stereocenters. The molecule has 0 aliphatic carbocycles. The van der Waals surface area contributed by atoms with Gasteiger partial charge >= 0.3 is 0 Å². The van der Waals surface area contributed by atoms with Crippen molar-refractivity contribution in [2.75, 3.05) is 24.5 Å². The molecule has 0 spiro atoms. The van der Waals surface area contributed by atoms with Crippen molar-refractivity contribution in [1.29, 1.82) is 0 Å². The average Bonchev–Trinajstić information content (AvgIpc) is 2.40. The van der Waals surface area contributed by atoms with Crippen LogP contribution in [0.2, 0.25) is 5.02 Å². The van der Waals surface area contributed by atoms with Crippen molar-refractivity contribution in [2.45, 2.75) is 33.7 Å². The van der Waals surface area contributed by atoms with Crippen LogP contribution in [-0.2, 0) is 6.54 Å². The van der Waals surface area contributed by atoms with Crippen molar-refractivity contribution >= 4 is 17.4 Å². The highest BCUT2D eigenvalue weighted by molar-refractivity contribution is 6.31. The molecule has 4 heteroatoms. The van der Waals surface area contributed by atoms with Gasteiger partial charge in [-0.3, -0.25) is 0 Å². The van der Waals surface area contributed by atoms with Crippen molar-refractivity contribution < 1.29 is 0 Å². The van der Waals surface area contributed by atoms with Gasteiger partial charge in [-0.2, -0.15) is 0 Å². The summed E-state index contributed by atoms with van der Waals surface area (Å²) in [5.74, 6) is 1.59. The van der Waals surface area contributed by atoms with E-state index in [1.165, 1.54) is 0 Å². The molecule has 0 aromatic carbocycles. The largest absolute Gasteiger partial charge is 0.353 e. The Morgan fingerprint density at radius 2 is 2.20 bits per heavy atom. The molecule has 1 aromatic heterocycles. The standard InChI is InChI=1S/C16H26ClN3/c1-5-9-20(10-6-2)16-8-7-14(17)15(19-16)12-18-11-13(3)4/h5,7-8,13,18H,1,6,9-12H2,2-4H3. The average molecular weight is 296 g/mol. The molecule has 112 valence electrons. The number of nitrogens with zero attached hydrogens (tertiary/aromatic N) is 2. The number of anilines is 1. The Bertz CT molecular complexity index is 418. The molecule has 0 amide bonds. The van der Waals surface area contributed by atoms with E-state index < -0.39 is 0 Å². The molecule has 0 radical (unpaired) electrons. The van der Waals surface area contributed by atoms with Gasteiger partial charge in [0.1, 0.15) is 5.82 Å². The molecule has 1 rings (SSSR count). The van der Waals surface area contributed by atoms with E-state index in [1.807, 2.05) is 18.2 Å². The van der Waals surface area contributed by atoms with Crippen LogP contribution in [0.5, 0.6) is 0 Å². The van der Waals surface area contributed by atoms with Crippen LogP contribution in [0.4, 0.5) is 5.82 Å². The third kappa shape index (κ3) is 5.51. The Hall–Kier alpha value is -1.06. The lowest BCUT2D eigenvalue weighted by atomic mass is 10.2. The molecule has 0 bridgehead atoms. The minimum absolute atomic E-state index is 0.620. The third-order valence-corrected chi connectivity index (χ3v) is 3.26. The van der Waals surface area contributed by atoms with Gasteiger partial charge in [-0.15, -0.1) is 6.58 Å². The normalized spacial score (nSPS) is 10.8. The fraction of sp³-hybridized carbons (Fsp3) is 0.562. The molecule has 0 saturated carbocycles. The maximum Gasteiger partial charge on any atom is 0.129 e. The smallest absolute Gasteiger partial charge is 0.129 e. The number of rotatable bonds is 9. The van der Waals surface area contributed by atoms with Gasteiger partial charge in [0.2, 0.25) is 0 Å². The number of pyridine rings is 1. The fourth-order valence-corrected chi connectivity index (χ4v) is 2.15. The molecule has 0 fully saturated rings. The zero-order chi connectivity index (χ0) is 15.0. The van der Waals surface area contributed by atoms with Crippen LogP contribution in [0.1, 0.15) is 32.9 Å². The first-order valence-electron chi connectivity index (χ1n) is 7.30. The molecule has 0 aliphatic heterocycles. The molecule has 3 nitrogen and oxygen atoms in total. The number of halogens is 1. The van der Waals surface area contributed by atoms with Gasteiger partial charge in [0.15, 0.2) is 0 Å². The molecule has 0 saturated heterocycles. The molecule has 1 N–H and O–H groups in total. The van der Waals surface area contributed by atoms with Crippen molar-refractivity contribution in [3.8, 4) is 0 Å². The molecule has 1 heterocycles. The maximum absolute atomic E-state index is 6.23. The second-order valence-corrected chi connectivity index (χ2v) is 5.76. The van der Waals surface area contributed by atoms with Crippen LogP contribution >= 0.6 is 11.6 Å². The molecule has 1 aromatic rings. The van der Waals surface area contributed by atoms with Crippen LogP contribution in [0, 0.1) is 5.92 Å². The van der Waals surface area contributed by atoms with Crippen LogP contribution in [-0.4, -0.2) is 24.6 Å². The van der Waals surface area contributed by atoms with Gasteiger partial charge in [-0.1, -0.05) is 38.4 Å². The molecule has 0 atom stereocenters. The van der Waals surface area contributed by atoms with Gasteiger partial charge < -0.3 is 10.2 Å². The molecule has 20 heavy (non-hydrogen) atoms.